The number of halogens is 2. The van der Waals surface area contributed by atoms with Gasteiger partial charge in [-0.2, -0.15) is 0 Å². The van der Waals surface area contributed by atoms with E-state index >= 15 is 0 Å². The number of likely N-dealkylation sites (N-methyl/N-ethyl adjacent to an activating group) is 1. The standard InChI is InChI=1S/C14H17ClFNO2/c1-2-17(8-3-9-18)14(19)7-5-11-4-6-13(16)12(15)10-11/h4-7,10,18H,2-3,8-9H2,1H3/b7-5+. The molecule has 0 heterocycles. The van der Waals surface area contributed by atoms with Crippen molar-refractivity contribution in [1.82, 2.24) is 4.90 Å². The molecule has 0 spiro atoms. The predicted octanol–water partition coefficient (Wildman–Crippen LogP) is 2.72. The maximum absolute atomic E-state index is 13.0. The zero-order valence-corrected chi connectivity index (χ0v) is 11.5. The van der Waals surface area contributed by atoms with E-state index in [1.54, 1.807) is 17.0 Å². The summed E-state index contributed by atoms with van der Waals surface area (Å²) in [4.78, 5) is 13.5. The van der Waals surface area contributed by atoms with E-state index in [2.05, 4.69) is 0 Å². The van der Waals surface area contributed by atoms with Crippen molar-refractivity contribution in [3.63, 3.8) is 0 Å². The van der Waals surface area contributed by atoms with Crippen molar-refractivity contribution in [2.75, 3.05) is 19.7 Å². The lowest BCUT2D eigenvalue weighted by Gasteiger charge is -2.18. The van der Waals surface area contributed by atoms with Crippen molar-refractivity contribution in [2.24, 2.45) is 0 Å². The molecule has 0 fully saturated rings. The number of aliphatic hydroxyl groups is 1. The van der Waals surface area contributed by atoms with Crippen LogP contribution in [-0.4, -0.2) is 35.6 Å². The Balaban J connectivity index is 2.68. The third-order valence-electron chi connectivity index (χ3n) is 2.64. The van der Waals surface area contributed by atoms with Gasteiger partial charge in [0.1, 0.15) is 5.82 Å². The number of amides is 1. The second kappa shape index (κ2) is 7.92. The molecule has 19 heavy (non-hydrogen) atoms. The van der Waals surface area contributed by atoms with E-state index in [0.717, 1.165) is 0 Å². The lowest BCUT2D eigenvalue weighted by Crippen LogP contribution is -2.30. The van der Waals surface area contributed by atoms with Gasteiger partial charge in [-0.15, -0.1) is 0 Å². The van der Waals surface area contributed by atoms with Crippen LogP contribution in [0.4, 0.5) is 4.39 Å². The highest BCUT2D eigenvalue weighted by Gasteiger charge is 2.07. The Bertz CT molecular complexity index is 463. The normalized spacial score (nSPS) is 10.9. The van der Waals surface area contributed by atoms with Gasteiger partial charge in [-0.05, 0) is 37.1 Å². The van der Waals surface area contributed by atoms with Crippen LogP contribution in [0, 0.1) is 5.82 Å². The summed E-state index contributed by atoms with van der Waals surface area (Å²) in [6.45, 7) is 3.02. The molecule has 0 atom stereocenters. The average Bonchev–Trinajstić information content (AvgIpc) is 2.41. The third kappa shape index (κ3) is 5.01. The first-order valence-electron chi connectivity index (χ1n) is 6.11. The van der Waals surface area contributed by atoms with Gasteiger partial charge in [0.25, 0.3) is 0 Å². The molecule has 1 rings (SSSR count). The van der Waals surface area contributed by atoms with Gasteiger partial charge in [-0.25, -0.2) is 4.39 Å². The number of nitrogens with zero attached hydrogens (tertiary/aromatic N) is 1. The third-order valence-corrected chi connectivity index (χ3v) is 2.93. The van der Waals surface area contributed by atoms with E-state index in [1.807, 2.05) is 6.92 Å². The molecule has 1 N–H and O–H groups in total. The first-order chi connectivity index (χ1) is 9.08. The number of aliphatic hydroxyl groups excluding tert-OH is 1. The van der Waals surface area contributed by atoms with Crippen LogP contribution in [0.2, 0.25) is 5.02 Å². The van der Waals surface area contributed by atoms with Crippen LogP contribution in [0.15, 0.2) is 24.3 Å². The van der Waals surface area contributed by atoms with E-state index in [1.165, 1.54) is 18.2 Å². The fourth-order valence-electron chi connectivity index (χ4n) is 1.57. The first-order valence-corrected chi connectivity index (χ1v) is 6.49. The van der Waals surface area contributed by atoms with Crippen molar-refractivity contribution in [3.8, 4) is 0 Å². The van der Waals surface area contributed by atoms with E-state index in [0.29, 0.717) is 25.1 Å². The van der Waals surface area contributed by atoms with Gasteiger partial charge in [-0.3, -0.25) is 4.79 Å². The Morgan fingerprint density at radius 2 is 2.26 bits per heavy atom. The molecule has 0 saturated heterocycles. The number of hydrogen-bond donors (Lipinski definition) is 1. The summed E-state index contributed by atoms with van der Waals surface area (Å²) in [7, 11) is 0. The molecular weight excluding hydrogens is 269 g/mol. The number of carbonyl (C=O) groups is 1. The average molecular weight is 286 g/mol. The Morgan fingerprint density at radius 1 is 1.53 bits per heavy atom. The minimum atomic E-state index is -0.483. The van der Waals surface area contributed by atoms with Gasteiger partial charge in [0.05, 0.1) is 5.02 Å². The van der Waals surface area contributed by atoms with Crippen LogP contribution in [0.3, 0.4) is 0 Å². The smallest absolute Gasteiger partial charge is 0.246 e. The van der Waals surface area contributed by atoms with Crippen molar-refractivity contribution < 1.29 is 14.3 Å². The minimum Gasteiger partial charge on any atom is -0.396 e. The summed E-state index contributed by atoms with van der Waals surface area (Å²) in [5.74, 6) is -0.625. The summed E-state index contributed by atoms with van der Waals surface area (Å²) < 4.78 is 13.0. The van der Waals surface area contributed by atoms with E-state index in [9.17, 15) is 9.18 Å². The van der Waals surface area contributed by atoms with E-state index < -0.39 is 5.82 Å². The number of hydrogen-bond acceptors (Lipinski definition) is 2. The summed E-state index contributed by atoms with van der Waals surface area (Å²) in [6, 6.07) is 4.27. The molecule has 104 valence electrons. The van der Waals surface area contributed by atoms with Crippen molar-refractivity contribution in [2.45, 2.75) is 13.3 Å². The monoisotopic (exact) mass is 285 g/mol. The summed E-state index contributed by atoms with van der Waals surface area (Å²) in [5.41, 5.74) is 0.665. The summed E-state index contributed by atoms with van der Waals surface area (Å²) >= 11 is 5.66. The van der Waals surface area contributed by atoms with Crippen molar-refractivity contribution in [3.05, 3.63) is 40.7 Å². The van der Waals surface area contributed by atoms with Crippen LogP contribution in [0.25, 0.3) is 6.08 Å². The Morgan fingerprint density at radius 3 is 2.84 bits per heavy atom. The lowest BCUT2D eigenvalue weighted by atomic mass is 10.2. The van der Waals surface area contributed by atoms with Crippen molar-refractivity contribution in [1.29, 1.82) is 0 Å². The predicted molar refractivity (Wildman–Crippen MR) is 74.4 cm³/mol. The molecule has 1 aromatic rings. The molecule has 0 bridgehead atoms. The van der Waals surface area contributed by atoms with Gasteiger partial charge >= 0.3 is 0 Å². The highest BCUT2D eigenvalue weighted by molar-refractivity contribution is 6.30. The lowest BCUT2D eigenvalue weighted by molar-refractivity contribution is -0.125. The van der Waals surface area contributed by atoms with Crippen LogP contribution in [0.1, 0.15) is 18.9 Å². The number of benzene rings is 1. The largest absolute Gasteiger partial charge is 0.396 e. The van der Waals surface area contributed by atoms with Gasteiger partial charge in [-0.1, -0.05) is 17.7 Å². The van der Waals surface area contributed by atoms with Crippen LogP contribution in [0.5, 0.6) is 0 Å². The summed E-state index contributed by atoms with van der Waals surface area (Å²) in [5, 5.41) is 8.78. The summed E-state index contributed by atoms with van der Waals surface area (Å²) in [6.07, 6.45) is 3.56. The zero-order chi connectivity index (χ0) is 14.3. The first kappa shape index (κ1) is 15.7. The Kier molecular flexibility index (Phi) is 6.53. The molecule has 1 amide bonds. The molecule has 0 radical (unpaired) electrons. The Hall–Kier alpha value is -1.39. The molecule has 0 saturated carbocycles. The molecule has 3 nitrogen and oxygen atoms in total. The second-order valence-electron chi connectivity index (χ2n) is 4.00. The zero-order valence-electron chi connectivity index (χ0n) is 10.8. The fraction of sp³-hybridized carbons (Fsp3) is 0.357. The molecule has 0 aliphatic carbocycles. The van der Waals surface area contributed by atoms with Gasteiger partial charge < -0.3 is 10.0 Å². The van der Waals surface area contributed by atoms with E-state index in [-0.39, 0.29) is 17.5 Å². The highest BCUT2D eigenvalue weighted by Crippen LogP contribution is 2.16. The molecule has 5 heteroatoms. The number of rotatable bonds is 6. The quantitative estimate of drug-likeness (QED) is 0.817. The highest BCUT2D eigenvalue weighted by atomic mass is 35.5. The van der Waals surface area contributed by atoms with Crippen LogP contribution < -0.4 is 0 Å². The van der Waals surface area contributed by atoms with Gasteiger partial charge in [0.15, 0.2) is 0 Å². The van der Waals surface area contributed by atoms with Gasteiger partial charge in [0, 0.05) is 25.8 Å². The SMILES string of the molecule is CCN(CCCO)C(=O)/C=C/c1ccc(F)c(Cl)c1. The number of carbonyl (C=O) groups excluding carboxylic acids is 1. The second-order valence-corrected chi connectivity index (χ2v) is 4.41. The molecule has 0 aliphatic rings. The molecule has 1 aromatic carbocycles. The molecule has 0 unspecified atom stereocenters. The maximum atomic E-state index is 13.0. The van der Waals surface area contributed by atoms with Gasteiger partial charge in [0.2, 0.25) is 5.91 Å². The maximum Gasteiger partial charge on any atom is 0.246 e. The molecule has 0 aromatic heterocycles. The molecule has 0 aliphatic heterocycles. The van der Waals surface area contributed by atoms with E-state index in [4.69, 9.17) is 16.7 Å². The topological polar surface area (TPSA) is 40.5 Å². The van der Waals surface area contributed by atoms with Crippen molar-refractivity contribution >= 4 is 23.6 Å². The minimum absolute atomic E-state index is 0.0298. The van der Waals surface area contributed by atoms with Crippen LogP contribution >= 0.6 is 11.6 Å². The van der Waals surface area contributed by atoms with Crippen LogP contribution in [-0.2, 0) is 4.79 Å². The Labute approximate surface area is 117 Å². The molecular formula is C14H17ClFNO2. The fourth-order valence-corrected chi connectivity index (χ4v) is 1.76.